The lowest BCUT2D eigenvalue weighted by Crippen LogP contribution is -2.21. The van der Waals surface area contributed by atoms with E-state index in [0.29, 0.717) is 5.56 Å². The van der Waals surface area contributed by atoms with Crippen LogP contribution in [0.2, 0.25) is 0 Å². The highest BCUT2D eigenvalue weighted by Gasteiger charge is 2.04. The smallest absolute Gasteiger partial charge is 0.126 e. The zero-order chi connectivity index (χ0) is 16.4. The Hall–Kier alpha value is -2.49. The molecule has 0 fully saturated rings. The molecule has 2 aromatic carbocycles. The summed E-state index contributed by atoms with van der Waals surface area (Å²) < 4.78 is 0. The largest absolute Gasteiger partial charge is 0.507 e. The third-order valence-electron chi connectivity index (χ3n) is 3.36. The second-order valence-corrected chi connectivity index (χ2v) is 4.68. The number of para-hydroxylation sites is 1. The quantitative estimate of drug-likeness (QED) is 0.732. The van der Waals surface area contributed by atoms with Crippen LogP contribution in [0.1, 0.15) is 19.4 Å². The lowest BCUT2D eigenvalue weighted by atomic mass is 10.2. The van der Waals surface area contributed by atoms with Gasteiger partial charge in [0.15, 0.2) is 0 Å². The van der Waals surface area contributed by atoms with E-state index in [0.717, 1.165) is 30.7 Å². The lowest BCUT2D eigenvalue weighted by molar-refractivity contribution is 0.474. The van der Waals surface area contributed by atoms with Crippen molar-refractivity contribution in [2.75, 3.05) is 30.4 Å². The average molecular weight is 299 g/mol. The maximum Gasteiger partial charge on any atom is 0.126 e. The van der Waals surface area contributed by atoms with Crippen LogP contribution in [-0.2, 0) is 0 Å². The molecule has 0 aliphatic rings. The predicted octanol–water partition coefficient (Wildman–Crippen LogP) is 3.96. The first kappa shape index (κ1) is 17.6. The molecule has 4 heteroatoms. The second-order valence-electron chi connectivity index (χ2n) is 4.68. The standard InChI is InChI=1S/C11H16N2O.C7H9N/c1-3-13(4-2)10-6-5-9(8-12)11(14)7-10;1-8-7-5-3-2-4-6-7/h5-8,12,14H,3-4H2,1-2H3;2-6,8H,1H3. The summed E-state index contributed by atoms with van der Waals surface area (Å²) in [5, 5.41) is 19.6. The number of phenols is 1. The summed E-state index contributed by atoms with van der Waals surface area (Å²) in [7, 11) is 1.91. The van der Waals surface area contributed by atoms with E-state index in [1.54, 1.807) is 12.1 Å². The van der Waals surface area contributed by atoms with Crippen LogP contribution in [-0.4, -0.2) is 31.5 Å². The Labute approximate surface area is 132 Å². The molecule has 0 aromatic heterocycles. The number of phenolic OH excluding ortho intramolecular Hbond substituents is 1. The Kier molecular flexibility index (Phi) is 7.54. The van der Waals surface area contributed by atoms with Crippen LogP contribution in [0.25, 0.3) is 0 Å². The Bertz CT molecular complexity index is 566. The maximum atomic E-state index is 9.55. The molecule has 0 saturated heterocycles. The molecule has 22 heavy (non-hydrogen) atoms. The molecule has 0 bridgehead atoms. The Balaban J connectivity index is 0.000000255. The maximum absolute atomic E-state index is 9.55. The topological polar surface area (TPSA) is 59.4 Å². The summed E-state index contributed by atoms with van der Waals surface area (Å²) >= 11 is 0. The van der Waals surface area contributed by atoms with Crippen molar-refractivity contribution >= 4 is 17.6 Å². The van der Waals surface area contributed by atoms with Crippen LogP contribution in [0.4, 0.5) is 11.4 Å². The van der Waals surface area contributed by atoms with Crippen molar-refractivity contribution in [2.45, 2.75) is 13.8 Å². The van der Waals surface area contributed by atoms with Crippen LogP contribution in [0.5, 0.6) is 5.75 Å². The van der Waals surface area contributed by atoms with Gasteiger partial charge in [0, 0.05) is 49.4 Å². The van der Waals surface area contributed by atoms with Gasteiger partial charge in [-0.25, -0.2) is 0 Å². The SMILES string of the molecule is CCN(CC)c1ccc(C=N)c(O)c1.CNc1ccccc1. The predicted molar refractivity (Wildman–Crippen MR) is 95.5 cm³/mol. The zero-order valence-electron chi connectivity index (χ0n) is 13.5. The second kappa shape index (κ2) is 9.45. The monoisotopic (exact) mass is 299 g/mol. The molecule has 0 aliphatic heterocycles. The van der Waals surface area contributed by atoms with Gasteiger partial charge in [-0.05, 0) is 38.1 Å². The van der Waals surface area contributed by atoms with Gasteiger partial charge in [-0.3, -0.25) is 0 Å². The van der Waals surface area contributed by atoms with E-state index in [2.05, 4.69) is 24.1 Å². The number of hydrogen-bond donors (Lipinski definition) is 3. The van der Waals surface area contributed by atoms with Gasteiger partial charge in [0.1, 0.15) is 5.75 Å². The number of rotatable bonds is 5. The van der Waals surface area contributed by atoms with Gasteiger partial charge in [0.2, 0.25) is 0 Å². The first-order chi connectivity index (χ1) is 10.7. The first-order valence-electron chi connectivity index (χ1n) is 7.47. The number of hydrogen-bond acceptors (Lipinski definition) is 4. The highest BCUT2D eigenvalue weighted by atomic mass is 16.3. The van der Waals surface area contributed by atoms with E-state index in [-0.39, 0.29) is 5.75 Å². The Morgan fingerprint density at radius 3 is 2.14 bits per heavy atom. The first-order valence-corrected chi connectivity index (χ1v) is 7.47. The highest BCUT2D eigenvalue weighted by Crippen LogP contribution is 2.23. The van der Waals surface area contributed by atoms with Crippen molar-refractivity contribution in [3.8, 4) is 5.75 Å². The summed E-state index contributed by atoms with van der Waals surface area (Å²) in [6.07, 6.45) is 1.15. The summed E-state index contributed by atoms with van der Waals surface area (Å²) in [4.78, 5) is 2.15. The Morgan fingerprint density at radius 1 is 1.09 bits per heavy atom. The van der Waals surface area contributed by atoms with Crippen molar-refractivity contribution in [3.63, 3.8) is 0 Å². The third kappa shape index (κ3) is 5.13. The summed E-state index contributed by atoms with van der Waals surface area (Å²) in [5.41, 5.74) is 2.71. The van der Waals surface area contributed by atoms with Gasteiger partial charge < -0.3 is 20.7 Å². The van der Waals surface area contributed by atoms with Crippen LogP contribution >= 0.6 is 0 Å². The zero-order valence-corrected chi connectivity index (χ0v) is 13.5. The molecule has 2 rings (SSSR count). The van der Waals surface area contributed by atoms with Crippen molar-refractivity contribution in [2.24, 2.45) is 0 Å². The minimum Gasteiger partial charge on any atom is -0.507 e. The minimum atomic E-state index is 0.171. The summed E-state index contributed by atoms with van der Waals surface area (Å²) in [6, 6.07) is 15.5. The molecule has 3 N–H and O–H groups in total. The van der Waals surface area contributed by atoms with Gasteiger partial charge in [0.25, 0.3) is 0 Å². The fourth-order valence-corrected chi connectivity index (χ4v) is 2.04. The number of aromatic hydroxyl groups is 1. The molecule has 0 radical (unpaired) electrons. The van der Waals surface area contributed by atoms with E-state index < -0.39 is 0 Å². The van der Waals surface area contributed by atoms with Crippen LogP contribution < -0.4 is 10.2 Å². The van der Waals surface area contributed by atoms with E-state index >= 15 is 0 Å². The van der Waals surface area contributed by atoms with Crippen molar-refractivity contribution < 1.29 is 5.11 Å². The third-order valence-corrected chi connectivity index (χ3v) is 3.36. The molecule has 0 saturated carbocycles. The molecule has 0 atom stereocenters. The van der Waals surface area contributed by atoms with Crippen LogP contribution in [0, 0.1) is 5.41 Å². The minimum absolute atomic E-state index is 0.171. The van der Waals surface area contributed by atoms with Gasteiger partial charge in [-0.2, -0.15) is 0 Å². The normalized spacial score (nSPS) is 9.41. The van der Waals surface area contributed by atoms with Gasteiger partial charge in [-0.1, -0.05) is 18.2 Å². The highest BCUT2D eigenvalue weighted by molar-refractivity contribution is 5.82. The molecule has 0 unspecified atom stereocenters. The number of anilines is 2. The molecular weight excluding hydrogens is 274 g/mol. The number of nitrogens with one attached hydrogen (secondary N) is 2. The summed E-state index contributed by atoms with van der Waals surface area (Å²) in [5.74, 6) is 0.171. The fourth-order valence-electron chi connectivity index (χ4n) is 2.04. The van der Waals surface area contributed by atoms with E-state index in [1.165, 1.54) is 0 Å². The van der Waals surface area contributed by atoms with Crippen molar-refractivity contribution in [3.05, 3.63) is 54.1 Å². The molecule has 4 nitrogen and oxygen atoms in total. The van der Waals surface area contributed by atoms with Crippen molar-refractivity contribution in [1.82, 2.24) is 0 Å². The van der Waals surface area contributed by atoms with Crippen LogP contribution in [0.3, 0.4) is 0 Å². The fraction of sp³-hybridized carbons (Fsp3) is 0.278. The molecular formula is C18H25N3O. The van der Waals surface area contributed by atoms with Gasteiger partial charge >= 0.3 is 0 Å². The Morgan fingerprint density at radius 2 is 1.73 bits per heavy atom. The van der Waals surface area contributed by atoms with E-state index in [4.69, 9.17) is 5.41 Å². The van der Waals surface area contributed by atoms with Crippen LogP contribution in [0.15, 0.2) is 48.5 Å². The lowest BCUT2D eigenvalue weighted by Gasteiger charge is -2.21. The van der Waals surface area contributed by atoms with E-state index in [9.17, 15) is 5.11 Å². The van der Waals surface area contributed by atoms with E-state index in [1.807, 2.05) is 43.4 Å². The van der Waals surface area contributed by atoms with Gasteiger partial charge in [-0.15, -0.1) is 0 Å². The number of nitrogens with zero attached hydrogens (tertiary/aromatic N) is 1. The summed E-state index contributed by atoms with van der Waals surface area (Å²) in [6.45, 7) is 5.98. The van der Waals surface area contributed by atoms with Crippen molar-refractivity contribution in [1.29, 1.82) is 5.41 Å². The molecule has 0 heterocycles. The van der Waals surface area contributed by atoms with Gasteiger partial charge in [0.05, 0.1) is 0 Å². The molecule has 118 valence electrons. The molecule has 0 aliphatic carbocycles. The molecule has 0 amide bonds. The number of benzene rings is 2. The molecule has 0 spiro atoms. The molecule has 2 aromatic rings. The average Bonchev–Trinajstić information content (AvgIpc) is 2.57.